The lowest BCUT2D eigenvalue weighted by atomic mass is 9.77. The van der Waals surface area contributed by atoms with E-state index in [1.54, 1.807) is 5.38 Å². The van der Waals surface area contributed by atoms with Crippen LogP contribution in [-0.4, -0.2) is 78.7 Å². The van der Waals surface area contributed by atoms with Crippen molar-refractivity contribution in [1.29, 1.82) is 0 Å². The number of hydrogen-bond acceptors (Lipinski definition) is 13. The molecular weight excluding hydrogens is 739 g/mol. The zero-order valence-corrected chi connectivity index (χ0v) is 31.0. The van der Waals surface area contributed by atoms with Gasteiger partial charge in [-0.05, 0) is 29.2 Å². The molecule has 1 saturated heterocycles. The fraction of sp³-hybridized carbons (Fsp3) is 0.194. The Balaban J connectivity index is 1.13. The summed E-state index contributed by atoms with van der Waals surface area (Å²) in [4.78, 5) is 50.7. The molecule has 12 nitrogen and oxygen atoms in total. The number of carboxylic acid groups (broad SMARTS) is 1. The number of anilines is 1. The summed E-state index contributed by atoms with van der Waals surface area (Å²) in [5.41, 5.74) is 2.77. The second-order valence-corrected chi connectivity index (χ2v) is 16.0. The number of carbonyl (C=O) groups is 3. The van der Waals surface area contributed by atoms with E-state index >= 15 is 0 Å². The third-order valence-corrected chi connectivity index (χ3v) is 12.6. The van der Waals surface area contributed by atoms with Crippen LogP contribution in [0.1, 0.15) is 27.4 Å². The maximum Gasteiger partial charge on any atom is 0.352 e. The minimum Gasteiger partial charge on any atom is -0.477 e. The van der Waals surface area contributed by atoms with E-state index in [2.05, 4.69) is 62.4 Å². The SMILES string of the molecule is CON=C(C(=O)NC1C(=O)N2C(C(=O)O)=C(CSc3nnc(C)s3)CS[C@H]12)c1csc(NC(c2ccccc2)(c2ccccc2)c2ccccc2)n1. The van der Waals surface area contributed by atoms with Gasteiger partial charge in [0.15, 0.2) is 15.2 Å². The van der Waals surface area contributed by atoms with Crippen LogP contribution in [0, 0.1) is 6.92 Å². The Morgan fingerprint density at radius 3 is 2.15 bits per heavy atom. The number of thioether (sulfide) groups is 2. The molecule has 16 heteroatoms. The molecule has 3 aromatic carbocycles. The van der Waals surface area contributed by atoms with Crippen molar-refractivity contribution in [2.45, 2.75) is 28.2 Å². The first-order valence-corrected chi connectivity index (χ1v) is 19.7. The highest BCUT2D eigenvalue weighted by atomic mass is 32.2. The minimum absolute atomic E-state index is 0.0623. The number of amides is 2. The van der Waals surface area contributed by atoms with Crippen LogP contribution >= 0.6 is 46.2 Å². The van der Waals surface area contributed by atoms with Crippen molar-refractivity contribution in [2.75, 3.05) is 23.9 Å². The lowest BCUT2D eigenvalue weighted by molar-refractivity contribution is -0.150. The lowest BCUT2D eigenvalue weighted by Gasteiger charge is -2.49. The molecule has 0 aliphatic carbocycles. The molecule has 5 aromatic rings. The summed E-state index contributed by atoms with van der Waals surface area (Å²) < 4.78 is 0.721. The Labute approximate surface area is 315 Å². The number of aliphatic carboxylic acids is 1. The predicted octanol–water partition coefficient (Wildman–Crippen LogP) is 5.59. The molecular formula is C36H31N7O5S4. The number of rotatable bonds is 13. The molecule has 2 amide bonds. The standard InChI is InChI=1S/C36H31N7O5S4/c1-21-40-41-35(52-21)51-19-22-18-49-32-28(31(45)43(32)29(22)33(46)47)38-30(44)27(42-48-2)26-20-50-34(37-26)39-36(23-12-6-3-7-13-23,24-14-8-4-9-15-24)25-16-10-5-11-17-25/h3-17,20,28,32H,18-19H2,1-2H3,(H,37,39)(H,38,44)(H,46,47)/t28?,32-/m1/s1. The maximum absolute atomic E-state index is 13.8. The van der Waals surface area contributed by atoms with Crippen LogP contribution in [-0.2, 0) is 24.8 Å². The summed E-state index contributed by atoms with van der Waals surface area (Å²) in [6, 6.07) is 29.2. The first kappa shape index (κ1) is 35.4. The number of fused-ring (bicyclic) bond motifs is 1. The molecule has 2 aliphatic rings. The van der Waals surface area contributed by atoms with Crippen molar-refractivity contribution in [3.8, 4) is 0 Å². The third kappa shape index (κ3) is 6.81. The second-order valence-electron chi connectivity index (χ2n) is 11.6. The molecule has 1 unspecified atom stereocenters. The smallest absolute Gasteiger partial charge is 0.352 e. The van der Waals surface area contributed by atoms with Crippen LogP contribution in [0.25, 0.3) is 0 Å². The predicted molar refractivity (Wildman–Crippen MR) is 204 cm³/mol. The molecule has 264 valence electrons. The Bertz CT molecular complexity index is 2060. The summed E-state index contributed by atoms with van der Waals surface area (Å²) in [6.45, 7) is 1.85. The minimum atomic E-state index is -1.20. The normalized spacial score (nSPS) is 17.3. The summed E-state index contributed by atoms with van der Waals surface area (Å²) >= 11 is 5.49. The van der Waals surface area contributed by atoms with E-state index in [1.807, 2.05) is 61.5 Å². The monoisotopic (exact) mass is 769 g/mol. The van der Waals surface area contributed by atoms with Gasteiger partial charge in [-0.1, -0.05) is 119 Å². The van der Waals surface area contributed by atoms with E-state index < -0.39 is 34.7 Å². The Morgan fingerprint density at radius 2 is 1.62 bits per heavy atom. The first-order valence-electron chi connectivity index (χ1n) is 16.0. The quantitative estimate of drug-likeness (QED) is 0.0451. The van der Waals surface area contributed by atoms with Crippen molar-refractivity contribution in [2.24, 2.45) is 5.16 Å². The molecule has 1 fully saturated rings. The van der Waals surface area contributed by atoms with Gasteiger partial charge in [0.25, 0.3) is 11.8 Å². The molecule has 2 aromatic heterocycles. The molecule has 52 heavy (non-hydrogen) atoms. The van der Waals surface area contributed by atoms with Gasteiger partial charge in [-0.25, -0.2) is 9.78 Å². The van der Waals surface area contributed by atoms with Gasteiger partial charge in [-0.15, -0.1) is 33.3 Å². The molecule has 0 radical (unpaired) electrons. The van der Waals surface area contributed by atoms with Gasteiger partial charge in [0, 0.05) is 16.9 Å². The van der Waals surface area contributed by atoms with Crippen LogP contribution in [0.3, 0.4) is 0 Å². The van der Waals surface area contributed by atoms with Crippen molar-refractivity contribution in [3.63, 3.8) is 0 Å². The zero-order valence-electron chi connectivity index (χ0n) is 27.8. The Morgan fingerprint density at radius 1 is 1.00 bits per heavy atom. The van der Waals surface area contributed by atoms with Crippen molar-refractivity contribution < 1.29 is 24.3 Å². The van der Waals surface area contributed by atoms with Gasteiger partial charge in [-0.2, -0.15) is 0 Å². The van der Waals surface area contributed by atoms with Gasteiger partial charge in [0.05, 0.1) is 0 Å². The van der Waals surface area contributed by atoms with Gasteiger partial charge >= 0.3 is 5.97 Å². The number of aromatic nitrogens is 3. The van der Waals surface area contributed by atoms with Crippen molar-refractivity contribution in [3.05, 3.63) is 135 Å². The summed E-state index contributed by atoms with van der Waals surface area (Å²) in [5.74, 6) is -1.67. The molecule has 7 rings (SSSR count). The molecule has 2 atom stereocenters. The molecule has 2 aliphatic heterocycles. The first-order chi connectivity index (χ1) is 25.3. The summed E-state index contributed by atoms with van der Waals surface area (Å²) in [5, 5.41) is 31.1. The lowest BCUT2D eigenvalue weighted by Crippen LogP contribution is -2.71. The number of nitrogens with one attached hydrogen (secondary N) is 2. The van der Waals surface area contributed by atoms with E-state index in [-0.39, 0.29) is 17.1 Å². The highest BCUT2D eigenvalue weighted by Crippen LogP contribution is 2.43. The number of carbonyl (C=O) groups excluding carboxylic acids is 2. The fourth-order valence-electron chi connectivity index (χ4n) is 6.17. The van der Waals surface area contributed by atoms with E-state index in [1.165, 1.54) is 58.2 Å². The van der Waals surface area contributed by atoms with Gasteiger partial charge < -0.3 is 20.6 Å². The van der Waals surface area contributed by atoms with Crippen LogP contribution < -0.4 is 10.6 Å². The average molecular weight is 770 g/mol. The molecule has 0 spiro atoms. The molecule has 0 bridgehead atoms. The number of carboxylic acids is 1. The van der Waals surface area contributed by atoms with Crippen LogP contribution in [0.15, 0.2) is 117 Å². The number of oxime groups is 1. The number of hydrogen-bond donors (Lipinski definition) is 3. The van der Waals surface area contributed by atoms with Gasteiger partial charge in [-0.3, -0.25) is 14.5 Å². The average Bonchev–Trinajstić information content (AvgIpc) is 3.82. The van der Waals surface area contributed by atoms with Gasteiger partial charge in [0.1, 0.15) is 40.5 Å². The topological polar surface area (TPSA) is 159 Å². The van der Waals surface area contributed by atoms with E-state index in [0.29, 0.717) is 22.2 Å². The summed E-state index contributed by atoms with van der Waals surface area (Å²) in [7, 11) is 1.32. The second kappa shape index (κ2) is 15.3. The summed E-state index contributed by atoms with van der Waals surface area (Å²) in [6.07, 6.45) is 0. The molecule has 4 heterocycles. The largest absolute Gasteiger partial charge is 0.477 e. The highest BCUT2D eigenvalue weighted by Gasteiger charge is 2.54. The van der Waals surface area contributed by atoms with Crippen molar-refractivity contribution >= 4 is 74.8 Å². The van der Waals surface area contributed by atoms with E-state index in [0.717, 1.165) is 26.0 Å². The molecule has 3 N–H and O–H groups in total. The van der Waals surface area contributed by atoms with Crippen molar-refractivity contribution in [1.82, 2.24) is 25.4 Å². The number of benzene rings is 3. The highest BCUT2D eigenvalue weighted by molar-refractivity contribution is 8.01. The number of aryl methyl sites for hydroxylation is 1. The number of thiazole rings is 1. The number of β-lactam (4-membered cyclic amide) rings is 1. The van der Waals surface area contributed by atoms with E-state index in [4.69, 9.17) is 9.82 Å². The molecule has 0 saturated carbocycles. The van der Waals surface area contributed by atoms with E-state index in [9.17, 15) is 19.5 Å². The fourth-order valence-corrected chi connectivity index (χ4v) is 10.2. The Kier molecular flexibility index (Phi) is 10.4. The maximum atomic E-state index is 13.8. The van der Waals surface area contributed by atoms with Crippen LogP contribution in [0.2, 0.25) is 0 Å². The number of nitrogens with zero attached hydrogens (tertiary/aromatic N) is 5. The Hall–Kier alpha value is -5.03. The van der Waals surface area contributed by atoms with Crippen LogP contribution in [0.4, 0.5) is 5.13 Å². The third-order valence-electron chi connectivity index (χ3n) is 8.47. The van der Waals surface area contributed by atoms with Gasteiger partial charge in [0.2, 0.25) is 0 Å². The van der Waals surface area contributed by atoms with Crippen LogP contribution in [0.5, 0.6) is 0 Å². The zero-order chi connectivity index (χ0) is 36.2.